The van der Waals surface area contributed by atoms with Crippen LogP contribution >= 0.6 is 0 Å². The van der Waals surface area contributed by atoms with E-state index in [1.807, 2.05) is 17.0 Å². The van der Waals surface area contributed by atoms with Crippen molar-refractivity contribution >= 4 is 34.9 Å². The zero-order chi connectivity index (χ0) is 36.7. The van der Waals surface area contributed by atoms with Gasteiger partial charge < -0.3 is 20.4 Å². The number of piperidine rings is 2. The van der Waals surface area contributed by atoms with Crippen LogP contribution in [0, 0.1) is 11.6 Å². The first-order valence-corrected chi connectivity index (χ1v) is 19.1. The number of benzene rings is 2. The van der Waals surface area contributed by atoms with Gasteiger partial charge in [0.15, 0.2) is 5.65 Å². The molecule has 3 aliphatic heterocycles. The smallest absolute Gasteiger partial charge is 0.256 e. The predicted molar refractivity (Wildman–Crippen MR) is 199 cm³/mol. The van der Waals surface area contributed by atoms with E-state index in [-0.39, 0.29) is 29.8 Å². The SMILES string of the molecule is O=C1CCC(Nc2ccc(C3CCN(CCCCCCCNC(=O)c4cnn5ccc(N6CCC[C@@H]6c6cc(F)ccc6F)nc45)CC3)cc2)C(=O)N1. The van der Waals surface area contributed by atoms with Gasteiger partial charge in [-0.3, -0.25) is 19.7 Å². The Balaban J connectivity index is 0.786. The van der Waals surface area contributed by atoms with Crippen molar-refractivity contribution in [2.24, 2.45) is 0 Å². The first-order chi connectivity index (χ1) is 25.8. The minimum atomic E-state index is -0.469. The van der Waals surface area contributed by atoms with E-state index in [0.29, 0.717) is 60.9 Å². The van der Waals surface area contributed by atoms with Gasteiger partial charge in [-0.05, 0) is 112 Å². The first kappa shape index (κ1) is 36.4. The standard InChI is InChI=1S/C40H48F2N8O3/c41-29-10-13-33(42)31(25-29)35-7-6-21-49(35)36-18-24-50-38(46-36)32(26-44-50)39(52)43-19-4-2-1-3-5-20-48-22-16-28(17-23-48)27-8-11-30(12-9-27)45-34-14-15-37(51)47-40(34)53/h8-13,18,24-26,28,34-35,45H,1-7,14-17,19-23H2,(H,43,52)(H,47,51,53)/t34?,35-/m1/s1. The summed E-state index contributed by atoms with van der Waals surface area (Å²) in [6, 6.07) is 13.0. The molecule has 11 nitrogen and oxygen atoms in total. The number of anilines is 2. The molecule has 0 bridgehead atoms. The summed E-state index contributed by atoms with van der Waals surface area (Å²) < 4.78 is 30.2. The highest BCUT2D eigenvalue weighted by Gasteiger charge is 2.31. The van der Waals surface area contributed by atoms with Crippen molar-refractivity contribution in [3.63, 3.8) is 0 Å². The highest BCUT2D eigenvalue weighted by atomic mass is 19.1. The molecule has 0 radical (unpaired) electrons. The molecule has 5 heterocycles. The Morgan fingerprint density at radius 3 is 2.51 bits per heavy atom. The maximum atomic E-state index is 14.6. The first-order valence-electron chi connectivity index (χ1n) is 19.1. The lowest BCUT2D eigenvalue weighted by Gasteiger charge is -2.32. The third kappa shape index (κ3) is 8.84. The van der Waals surface area contributed by atoms with Gasteiger partial charge in [0.2, 0.25) is 11.8 Å². The molecule has 2 atom stereocenters. The van der Waals surface area contributed by atoms with Crippen LogP contribution in [-0.2, 0) is 9.59 Å². The van der Waals surface area contributed by atoms with Gasteiger partial charge in [-0.15, -0.1) is 0 Å². The third-order valence-electron chi connectivity index (χ3n) is 10.9. The van der Waals surface area contributed by atoms with E-state index in [9.17, 15) is 23.2 Å². The van der Waals surface area contributed by atoms with Gasteiger partial charge in [0.05, 0.1) is 12.2 Å². The Morgan fingerprint density at radius 2 is 1.70 bits per heavy atom. The van der Waals surface area contributed by atoms with Crippen LogP contribution in [0.4, 0.5) is 20.3 Å². The lowest BCUT2D eigenvalue weighted by atomic mass is 9.89. The zero-order valence-electron chi connectivity index (χ0n) is 30.0. The summed E-state index contributed by atoms with van der Waals surface area (Å²) in [6.45, 7) is 4.53. The zero-order valence-corrected chi connectivity index (χ0v) is 30.0. The van der Waals surface area contributed by atoms with Gasteiger partial charge in [0.25, 0.3) is 5.91 Å². The largest absolute Gasteiger partial charge is 0.374 e. The summed E-state index contributed by atoms with van der Waals surface area (Å²) in [5.41, 5.74) is 3.38. The summed E-state index contributed by atoms with van der Waals surface area (Å²) in [4.78, 5) is 45.9. The predicted octanol–water partition coefficient (Wildman–Crippen LogP) is 6.13. The molecule has 0 saturated carbocycles. The Kier molecular flexibility index (Phi) is 11.6. The van der Waals surface area contributed by atoms with E-state index >= 15 is 0 Å². The van der Waals surface area contributed by atoms with Crippen molar-refractivity contribution < 1.29 is 23.2 Å². The molecular weight excluding hydrogens is 678 g/mol. The molecule has 53 heavy (non-hydrogen) atoms. The molecule has 13 heteroatoms. The molecular formula is C40H48F2N8O3. The Labute approximate surface area is 308 Å². The number of likely N-dealkylation sites (tertiary alicyclic amines) is 1. The van der Waals surface area contributed by atoms with E-state index in [1.165, 1.54) is 23.9 Å². The van der Waals surface area contributed by atoms with Crippen LogP contribution in [0.15, 0.2) is 60.9 Å². The number of imide groups is 1. The summed E-state index contributed by atoms with van der Waals surface area (Å²) in [7, 11) is 0. The van der Waals surface area contributed by atoms with E-state index in [1.54, 1.807) is 16.8 Å². The van der Waals surface area contributed by atoms with Gasteiger partial charge in [-0.25, -0.2) is 18.3 Å². The Bertz CT molecular complexity index is 1910. The number of halogens is 2. The third-order valence-corrected chi connectivity index (χ3v) is 10.9. The van der Waals surface area contributed by atoms with Crippen LogP contribution in [0.5, 0.6) is 0 Å². The second-order valence-corrected chi connectivity index (χ2v) is 14.5. The Hall–Kier alpha value is -4.91. The number of carbonyl (C=O) groups is 3. The molecule has 0 spiro atoms. The lowest BCUT2D eigenvalue weighted by Crippen LogP contribution is -2.47. The average molecular weight is 727 g/mol. The number of unbranched alkanes of at least 4 members (excludes halogenated alkanes) is 4. The molecule has 3 aliphatic rings. The molecule has 280 valence electrons. The minimum absolute atomic E-state index is 0.206. The summed E-state index contributed by atoms with van der Waals surface area (Å²) in [5, 5.41) is 13.0. The maximum absolute atomic E-state index is 14.6. The number of fused-ring (bicyclic) bond motifs is 1. The van der Waals surface area contributed by atoms with Crippen LogP contribution in [-0.4, -0.2) is 76.0 Å². The summed E-state index contributed by atoms with van der Waals surface area (Å²) in [6.07, 6.45) is 13.3. The molecule has 0 aliphatic carbocycles. The number of amides is 3. The van der Waals surface area contributed by atoms with Gasteiger partial charge >= 0.3 is 0 Å². The molecule has 3 saturated heterocycles. The highest BCUT2D eigenvalue weighted by molar-refractivity contribution is 6.01. The van der Waals surface area contributed by atoms with E-state index in [4.69, 9.17) is 4.98 Å². The fourth-order valence-electron chi connectivity index (χ4n) is 7.98. The molecule has 1 unspecified atom stereocenters. The summed E-state index contributed by atoms with van der Waals surface area (Å²) >= 11 is 0. The quantitative estimate of drug-likeness (QED) is 0.105. The number of hydrogen-bond acceptors (Lipinski definition) is 8. The van der Waals surface area contributed by atoms with Crippen LogP contribution in [0.2, 0.25) is 0 Å². The minimum Gasteiger partial charge on any atom is -0.374 e. The molecule has 3 N–H and O–H groups in total. The number of aromatic nitrogens is 3. The van der Waals surface area contributed by atoms with E-state index in [0.717, 1.165) is 82.8 Å². The van der Waals surface area contributed by atoms with Gasteiger partial charge in [-0.1, -0.05) is 31.4 Å². The second kappa shape index (κ2) is 16.8. The normalized spacial score (nSPS) is 19.8. The molecule has 2 aromatic heterocycles. The molecule has 4 aromatic rings. The van der Waals surface area contributed by atoms with Crippen LogP contribution in [0.25, 0.3) is 5.65 Å². The molecule has 2 aromatic carbocycles. The fourth-order valence-corrected chi connectivity index (χ4v) is 7.98. The highest BCUT2D eigenvalue weighted by Crippen LogP contribution is 2.37. The number of carbonyl (C=O) groups excluding carboxylic acids is 3. The van der Waals surface area contributed by atoms with Gasteiger partial charge in [-0.2, -0.15) is 5.10 Å². The topological polar surface area (TPSA) is 124 Å². The van der Waals surface area contributed by atoms with Crippen LogP contribution in [0.1, 0.15) is 104 Å². The van der Waals surface area contributed by atoms with E-state index in [2.05, 4.69) is 38.1 Å². The number of nitrogens with one attached hydrogen (secondary N) is 3. The van der Waals surface area contributed by atoms with Crippen molar-refractivity contribution in [1.82, 2.24) is 30.1 Å². The fraction of sp³-hybridized carbons (Fsp3) is 0.475. The van der Waals surface area contributed by atoms with Crippen LogP contribution in [0.3, 0.4) is 0 Å². The maximum Gasteiger partial charge on any atom is 0.256 e. The van der Waals surface area contributed by atoms with Crippen molar-refractivity contribution in [1.29, 1.82) is 0 Å². The Morgan fingerprint density at radius 1 is 0.906 bits per heavy atom. The summed E-state index contributed by atoms with van der Waals surface area (Å²) in [5.74, 6) is -0.438. The second-order valence-electron chi connectivity index (χ2n) is 14.5. The van der Waals surface area contributed by atoms with Crippen molar-refractivity contribution in [2.75, 3.05) is 42.9 Å². The number of rotatable bonds is 14. The van der Waals surface area contributed by atoms with E-state index < -0.39 is 11.6 Å². The number of nitrogens with zero attached hydrogens (tertiary/aromatic N) is 5. The van der Waals surface area contributed by atoms with Gasteiger partial charge in [0, 0.05) is 37.0 Å². The molecule has 7 rings (SSSR count). The average Bonchev–Trinajstić information content (AvgIpc) is 3.83. The van der Waals surface area contributed by atoms with Crippen LogP contribution < -0.4 is 20.9 Å². The van der Waals surface area contributed by atoms with Crippen molar-refractivity contribution in [3.05, 3.63) is 89.2 Å². The number of hydrogen-bond donors (Lipinski definition) is 3. The van der Waals surface area contributed by atoms with Gasteiger partial charge in [0.1, 0.15) is 29.1 Å². The monoisotopic (exact) mass is 726 g/mol. The van der Waals surface area contributed by atoms with Crippen molar-refractivity contribution in [3.8, 4) is 0 Å². The molecule has 3 amide bonds. The lowest BCUT2D eigenvalue weighted by molar-refractivity contribution is -0.133. The van der Waals surface area contributed by atoms with Crippen molar-refractivity contribution in [2.45, 2.75) is 88.6 Å². The molecule has 3 fully saturated rings.